The zero-order valence-electron chi connectivity index (χ0n) is 7.46. The standard InChI is InChI=1S/C6H8N2O.C2H6/c1-5-3-7-6(9)8(2)4-5;1-2/h3-4H,1-2H3;1-2H3. The summed E-state index contributed by atoms with van der Waals surface area (Å²) >= 11 is 0. The molecule has 1 heterocycles. The summed E-state index contributed by atoms with van der Waals surface area (Å²) in [5.74, 6) is 0. The van der Waals surface area contributed by atoms with Gasteiger partial charge in [-0.05, 0) is 12.5 Å². The predicted octanol–water partition coefficient (Wildman–Crippen LogP) is 1.11. The Morgan fingerprint density at radius 2 is 2.00 bits per heavy atom. The van der Waals surface area contributed by atoms with Gasteiger partial charge in [-0.25, -0.2) is 9.78 Å². The quantitative estimate of drug-likeness (QED) is 0.561. The first-order chi connectivity index (χ1) is 5.20. The van der Waals surface area contributed by atoms with Gasteiger partial charge in [-0.3, -0.25) is 0 Å². The molecule has 0 fully saturated rings. The molecule has 0 atom stereocenters. The lowest BCUT2D eigenvalue weighted by Gasteiger charge is -1.93. The molecule has 0 aliphatic rings. The van der Waals surface area contributed by atoms with Gasteiger partial charge in [0.15, 0.2) is 0 Å². The van der Waals surface area contributed by atoms with Gasteiger partial charge in [-0.2, -0.15) is 0 Å². The minimum absolute atomic E-state index is 0.208. The molecule has 0 amide bonds. The molecule has 1 aromatic heterocycles. The predicted molar refractivity (Wildman–Crippen MR) is 45.6 cm³/mol. The Hall–Kier alpha value is -1.12. The van der Waals surface area contributed by atoms with E-state index in [1.54, 1.807) is 19.4 Å². The number of hydrogen-bond acceptors (Lipinski definition) is 2. The Balaban J connectivity index is 0.000000461. The second-order valence-corrected chi connectivity index (χ2v) is 2.02. The topological polar surface area (TPSA) is 34.9 Å². The summed E-state index contributed by atoms with van der Waals surface area (Å²) in [4.78, 5) is 14.2. The highest BCUT2D eigenvalue weighted by atomic mass is 16.1. The van der Waals surface area contributed by atoms with Crippen LogP contribution in [0.5, 0.6) is 0 Å². The molecule has 62 valence electrons. The third-order valence-electron chi connectivity index (χ3n) is 1.08. The highest BCUT2D eigenvalue weighted by Crippen LogP contribution is 1.85. The molecule has 0 radical (unpaired) electrons. The van der Waals surface area contributed by atoms with Crippen LogP contribution < -0.4 is 5.69 Å². The van der Waals surface area contributed by atoms with Crippen molar-refractivity contribution >= 4 is 0 Å². The van der Waals surface area contributed by atoms with E-state index in [0.29, 0.717) is 0 Å². The van der Waals surface area contributed by atoms with E-state index in [9.17, 15) is 4.79 Å². The molecule has 11 heavy (non-hydrogen) atoms. The van der Waals surface area contributed by atoms with Crippen LogP contribution in [-0.2, 0) is 7.05 Å². The molecule has 0 N–H and O–H groups in total. The second kappa shape index (κ2) is 4.66. The zero-order valence-corrected chi connectivity index (χ0v) is 7.46. The smallest absolute Gasteiger partial charge is 0.302 e. The molecule has 1 aromatic rings. The van der Waals surface area contributed by atoms with E-state index in [0.717, 1.165) is 5.56 Å². The second-order valence-electron chi connectivity index (χ2n) is 2.02. The summed E-state index contributed by atoms with van der Waals surface area (Å²) < 4.78 is 1.45. The van der Waals surface area contributed by atoms with Crippen molar-refractivity contribution in [3.8, 4) is 0 Å². The molecule has 3 nitrogen and oxygen atoms in total. The molecule has 0 aliphatic heterocycles. The van der Waals surface area contributed by atoms with Gasteiger partial charge in [0.1, 0.15) is 0 Å². The number of hydrogen-bond donors (Lipinski definition) is 0. The van der Waals surface area contributed by atoms with Crippen molar-refractivity contribution in [2.24, 2.45) is 7.05 Å². The van der Waals surface area contributed by atoms with Crippen LogP contribution in [0.1, 0.15) is 19.4 Å². The summed E-state index contributed by atoms with van der Waals surface area (Å²) in [6.45, 7) is 5.90. The number of aryl methyl sites for hydroxylation is 2. The molecule has 0 bridgehead atoms. The van der Waals surface area contributed by atoms with Gasteiger partial charge in [-0.1, -0.05) is 13.8 Å². The van der Waals surface area contributed by atoms with Crippen LogP contribution in [0.2, 0.25) is 0 Å². The molecule has 0 unspecified atom stereocenters. The SMILES string of the molecule is CC.Cc1cnc(=O)n(C)c1. The lowest BCUT2D eigenvalue weighted by atomic mass is 10.4. The molecule has 0 aliphatic carbocycles. The lowest BCUT2D eigenvalue weighted by Crippen LogP contribution is -2.18. The first-order valence-corrected chi connectivity index (χ1v) is 3.69. The van der Waals surface area contributed by atoms with Crippen molar-refractivity contribution in [1.29, 1.82) is 0 Å². The van der Waals surface area contributed by atoms with E-state index in [1.807, 2.05) is 20.8 Å². The first kappa shape index (κ1) is 9.88. The van der Waals surface area contributed by atoms with Crippen LogP contribution in [0.4, 0.5) is 0 Å². The number of rotatable bonds is 0. The largest absolute Gasteiger partial charge is 0.347 e. The molecular weight excluding hydrogens is 140 g/mol. The van der Waals surface area contributed by atoms with Crippen LogP contribution in [0.3, 0.4) is 0 Å². The fraction of sp³-hybridized carbons (Fsp3) is 0.500. The maximum atomic E-state index is 10.6. The van der Waals surface area contributed by atoms with Gasteiger partial charge in [0, 0.05) is 19.4 Å². The lowest BCUT2D eigenvalue weighted by molar-refractivity contribution is 0.801. The number of nitrogens with zero attached hydrogens (tertiary/aromatic N) is 2. The van der Waals surface area contributed by atoms with Gasteiger partial charge in [0.05, 0.1) is 0 Å². The van der Waals surface area contributed by atoms with Crippen molar-refractivity contribution in [2.45, 2.75) is 20.8 Å². The zero-order chi connectivity index (χ0) is 8.85. The Bertz CT molecular complexity index is 265. The summed E-state index contributed by atoms with van der Waals surface area (Å²) in [5.41, 5.74) is 0.790. The Morgan fingerprint density at radius 3 is 2.36 bits per heavy atom. The van der Waals surface area contributed by atoms with Gasteiger partial charge in [0.2, 0.25) is 0 Å². The van der Waals surface area contributed by atoms with Gasteiger partial charge in [-0.15, -0.1) is 0 Å². The van der Waals surface area contributed by atoms with Crippen molar-refractivity contribution in [2.75, 3.05) is 0 Å². The number of aromatic nitrogens is 2. The molecule has 1 rings (SSSR count). The normalized spacial score (nSPS) is 8.36. The van der Waals surface area contributed by atoms with Gasteiger partial charge >= 0.3 is 5.69 Å². The van der Waals surface area contributed by atoms with Crippen LogP contribution in [-0.4, -0.2) is 9.55 Å². The van der Waals surface area contributed by atoms with Crippen LogP contribution in [0.15, 0.2) is 17.2 Å². The fourth-order valence-corrected chi connectivity index (χ4v) is 0.642. The summed E-state index contributed by atoms with van der Waals surface area (Å²) in [7, 11) is 1.68. The average molecular weight is 154 g/mol. The average Bonchev–Trinajstić information content (AvgIpc) is 2.02. The van der Waals surface area contributed by atoms with Gasteiger partial charge < -0.3 is 4.57 Å². The summed E-state index contributed by atoms with van der Waals surface area (Å²) in [6, 6.07) is 0. The molecular formula is C8H14N2O. The minimum atomic E-state index is -0.208. The van der Waals surface area contributed by atoms with E-state index >= 15 is 0 Å². The van der Waals surface area contributed by atoms with Crippen LogP contribution >= 0.6 is 0 Å². The van der Waals surface area contributed by atoms with E-state index in [-0.39, 0.29) is 5.69 Å². The van der Waals surface area contributed by atoms with Gasteiger partial charge in [0.25, 0.3) is 0 Å². The third kappa shape index (κ3) is 2.98. The van der Waals surface area contributed by atoms with Crippen molar-refractivity contribution in [1.82, 2.24) is 9.55 Å². The molecule has 0 saturated carbocycles. The van der Waals surface area contributed by atoms with Crippen LogP contribution in [0, 0.1) is 6.92 Å². The monoisotopic (exact) mass is 154 g/mol. The highest BCUT2D eigenvalue weighted by molar-refractivity contribution is 4.98. The Labute approximate surface area is 66.7 Å². The molecule has 0 spiro atoms. The summed E-state index contributed by atoms with van der Waals surface area (Å²) in [6.07, 6.45) is 3.30. The van der Waals surface area contributed by atoms with Crippen molar-refractivity contribution < 1.29 is 0 Å². The van der Waals surface area contributed by atoms with Crippen molar-refractivity contribution in [3.05, 3.63) is 28.4 Å². The highest BCUT2D eigenvalue weighted by Gasteiger charge is 1.87. The Kier molecular flexibility index (Phi) is 4.18. The van der Waals surface area contributed by atoms with E-state index < -0.39 is 0 Å². The molecule has 0 aromatic carbocycles. The molecule has 0 saturated heterocycles. The van der Waals surface area contributed by atoms with Crippen LogP contribution in [0.25, 0.3) is 0 Å². The van der Waals surface area contributed by atoms with E-state index in [1.165, 1.54) is 4.57 Å². The van der Waals surface area contributed by atoms with E-state index in [4.69, 9.17) is 0 Å². The maximum Gasteiger partial charge on any atom is 0.347 e. The summed E-state index contributed by atoms with van der Waals surface area (Å²) in [5, 5.41) is 0. The molecule has 3 heteroatoms. The third-order valence-corrected chi connectivity index (χ3v) is 1.08. The fourth-order valence-electron chi connectivity index (χ4n) is 0.642. The maximum absolute atomic E-state index is 10.6. The van der Waals surface area contributed by atoms with Crippen molar-refractivity contribution in [3.63, 3.8) is 0 Å². The first-order valence-electron chi connectivity index (χ1n) is 3.69. The minimum Gasteiger partial charge on any atom is -0.302 e. The van der Waals surface area contributed by atoms with E-state index in [2.05, 4.69) is 4.98 Å². The Morgan fingerprint density at radius 1 is 1.45 bits per heavy atom.